The quantitative estimate of drug-likeness (QED) is 0.521. The van der Waals surface area contributed by atoms with E-state index in [4.69, 9.17) is 7.85 Å². The van der Waals surface area contributed by atoms with Crippen LogP contribution in [0.15, 0.2) is 16.8 Å². The average molecular weight is 219 g/mol. The van der Waals surface area contributed by atoms with Crippen LogP contribution in [0.4, 0.5) is 0 Å². The molecule has 0 aliphatic carbocycles. The Morgan fingerprint density at radius 2 is 2.25 bits per heavy atom. The highest BCUT2D eigenvalue weighted by Gasteiger charge is 2.24. The zero-order valence-corrected chi connectivity index (χ0v) is 10.9. The highest BCUT2D eigenvalue weighted by atomic mass is 15.2. The molecule has 88 valence electrons. The standard InChI is InChI=1S/C12H22BN3/c1-10(8-12(13)14-2)16-7-5-6-11(16)9-15(3)4/h8,11H,5-7,9H2,1-4H3/b10-8+,14-12?. The molecule has 1 aliphatic heterocycles. The lowest BCUT2D eigenvalue weighted by Gasteiger charge is -2.29. The van der Waals surface area contributed by atoms with Crippen LogP contribution in [-0.4, -0.2) is 63.5 Å². The molecular formula is C12H22BN3. The number of hydrogen-bond acceptors (Lipinski definition) is 3. The van der Waals surface area contributed by atoms with E-state index in [-0.39, 0.29) is 0 Å². The van der Waals surface area contributed by atoms with Gasteiger partial charge in [-0.2, -0.15) is 0 Å². The SMILES string of the molecule is [B]C(/C=C(\C)N1CCCC1CN(C)C)=NC. The topological polar surface area (TPSA) is 18.8 Å². The summed E-state index contributed by atoms with van der Waals surface area (Å²) in [5, 5.41) is 0. The van der Waals surface area contributed by atoms with E-state index in [1.807, 2.05) is 6.08 Å². The van der Waals surface area contributed by atoms with Gasteiger partial charge in [-0.1, -0.05) is 0 Å². The molecule has 1 fully saturated rings. The van der Waals surface area contributed by atoms with Crippen molar-refractivity contribution in [3.05, 3.63) is 11.8 Å². The molecule has 1 atom stereocenters. The first-order valence-electron chi connectivity index (χ1n) is 5.86. The Morgan fingerprint density at radius 3 is 2.81 bits per heavy atom. The van der Waals surface area contributed by atoms with Crippen molar-refractivity contribution in [3.63, 3.8) is 0 Å². The predicted molar refractivity (Wildman–Crippen MR) is 71.2 cm³/mol. The molecular weight excluding hydrogens is 197 g/mol. The molecule has 1 rings (SSSR count). The average Bonchev–Trinajstić information content (AvgIpc) is 2.64. The largest absolute Gasteiger partial charge is 0.371 e. The molecule has 0 spiro atoms. The van der Waals surface area contributed by atoms with E-state index in [9.17, 15) is 0 Å². The maximum atomic E-state index is 5.72. The van der Waals surface area contributed by atoms with Gasteiger partial charge in [0.25, 0.3) is 0 Å². The normalized spacial score (nSPS) is 23.3. The highest BCUT2D eigenvalue weighted by molar-refractivity contribution is 6.63. The maximum Gasteiger partial charge on any atom is 0.141 e. The second-order valence-corrected chi connectivity index (χ2v) is 4.69. The molecule has 0 N–H and O–H groups in total. The van der Waals surface area contributed by atoms with Gasteiger partial charge in [-0.15, -0.1) is 0 Å². The van der Waals surface area contributed by atoms with Gasteiger partial charge in [0.1, 0.15) is 7.85 Å². The Hall–Kier alpha value is -0.765. The van der Waals surface area contributed by atoms with E-state index < -0.39 is 0 Å². The van der Waals surface area contributed by atoms with Crippen LogP contribution >= 0.6 is 0 Å². The molecule has 0 bridgehead atoms. The zero-order valence-electron chi connectivity index (χ0n) is 10.9. The van der Waals surface area contributed by atoms with Crippen LogP contribution in [0.1, 0.15) is 19.8 Å². The molecule has 16 heavy (non-hydrogen) atoms. The fourth-order valence-corrected chi connectivity index (χ4v) is 2.27. The van der Waals surface area contributed by atoms with Crippen molar-refractivity contribution in [1.82, 2.24) is 9.80 Å². The van der Waals surface area contributed by atoms with Gasteiger partial charge in [-0.25, -0.2) is 0 Å². The summed E-state index contributed by atoms with van der Waals surface area (Å²) in [7, 11) is 11.7. The van der Waals surface area contributed by atoms with Crippen molar-refractivity contribution < 1.29 is 0 Å². The molecule has 0 aromatic heterocycles. The lowest BCUT2D eigenvalue weighted by Crippen LogP contribution is -2.36. The number of likely N-dealkylation sites (tertiary alicyclic amines) is 1. The molecule has 1 heterocycles. The van der Waals surface area contributed by atoms with Gasteiger partial charge in [-0.3, -0.25) is 0 Å². The first kappa shape index (κ1) is 13.3. The van der Waals surface area contributed by atoms with E-state index in [1.165, 1.54) is 18.5 Å². The first-order valence-corrected chi connectivity index (χ1v) is 5.86. The number of hydrogen-bond donors (Lipinski definition) is 0. The summed E-state index contributed by atoms with van der Waals surface area (Å²) in [6, 6.07) is 0.621. The number of likely N-dealkylation sites (N-methyl/N-ethyl adjacent to an activating group) is 1. The third-order valence-electron chi connectivity index (χ3n) is 3.02. The third-order valence-corrected chi connectivity index (χ3v) is 3.02. The van der Waals surface area contributed by atoms with Crippen molar-refractivity contribution in [1.29, 1.82) is 0 Å². The zero-order chi connectivity index (χ0) is 12.1. The van der Waals surface area contributed by atoms with Crippen LogP contribution in [0.5, 0.6) is 0 Å². The van der Waals surface area contributed by atoms with Crippen LogP contribution in [0.25, 0.3) is 0 Å². The molecule has 0 aromatic carbocycles. The van der Waals surface area contributed by atoms with Crippen LogP contribution in [0.3, 0.4) is 0 Å². The van der Waals surface area contributed by atoms with E-state index in [0.717, 1.165) is 13.1 Å². The molecule has 1 aliphatic rings. The molecule has 1 saturated heterocycles. The highest BCUT2D eigenvalue weighted by Crippen LogP contribution is 2.22. The number of nitrogens with zero attached hydrogens (tertiary/aromatic N) is 3. The number of aliphatic imine (C=N–C) groups is 1. The van der Waals surface area contributed by atoms with Crippen LogP contribution < -0.4 is 0 Å². The van der Waals surface area contributed by atoms with Crippen LogP contribution in [0.2, 0.25) is 0 Å². The minimum Gasteiger partial charge on any atom is -0.371 e. The molecule has 1 unspecified atom stereocenters. The van der Waals surface area contributed by atoms with Crippen molar-refractivity contribution in [2.24, 2.45) is 4.99 Å². The van der Waals surface area contributed by atoms with E-state index in [0.29, 0.717) is 11.7 Å². The van der Waals surface area contributed by atoms with Gasteiger partial charge in [0.2, 0.25) is 0 Å². The van der Waals surface area contributed by atoms with Gasteiger partial charge < -0.3 is 14.8 Å². The van der Waals surface area contributed by atoms with E-state index in [1.54, 1.807) is 7.05 Å². The van der Waals surface area contributed by atoms with Crippen molar-refractivity contribution in [2.75, 3.05) is 34.2 Å². The van der Waals surface area contributed by atoms with Crippen molar-refractivity contribution in [2.45, 2.75) is 25.8 Å². The summed E-state index contributed by atoms with van der Waals surface area (Å²) >= 11 is 0. The Kier molecular flexibility index (Phi) is 5.06. The Balaban J connectivity index is 2.67. The molecule has 0 amide bonds. The van der Waals surface area contributed by atoms with Crippen LogP contribution in [-0.2, 0) is 0 Å². The molecule has 2 radical (unpaired) electrons. The summed E-state index contributed by atoms with van der Waals surface area (Å²) < 4.78 is 0. The lowest BCUT2D eigenvalue weighted by atomic mass is 10.00. The minimum atomic E-state index is 0.605. The predicted octanol–water partition coefficient (Wildman–Crippen LogP) is 1.11. The van der Waals surface area contributed by atoms with E-state index >= 15 is 0 Å². The fraction of sp³-hybridized carbons (Fsp3) is 0.750. The molecule has 0 saturated carbocycles. The second-order valence-electron chi connectivity index (χ2n) is 4.69. The van der Waals surface area contributed by atoms with Gasteiger partial charge in [-0.05, 0) is 45.5 Å². The van der Waals surface area contributed by atoms with Crippen LogP contribution in [0, 0.1) is 0 Å². The second kappa shape index (κ2) is 6.09. The maximum absolute atomic E-state index is 5.72. The summed E-state index contributed by atoms with van der Waals surface area (Å²) in [6.45, 7) is 4.36. The minimum absolute atomic E-state index is 0.605. The summed E-state index contributed by atoms with van der Waals surface area (Å²) in [4.78, 5) is 8.65. The molecule has 0 aromatic rings. The Morgan fingerprint density at radius 1 is 1.56 bits per heavy atom. The first-order chi connectivity index (χ1) is 7.54. The van der Waals surface area contributed by atoms with Gasteiger partial charge in [0.05, 0.1) is 0 Å². The smallest absolute Gasteiger partial charge is 0.141 e. The summed E-state index contributed by atoms with van der Waals surface area (Å²) in [6.07, 6.45) is 4.51. The number of rotatable bonds is 4. The van der Waals surface area contributed by atoms with Crippen molar-refractivity contribution >= 4 is 13.5 Å². The lowest BCUT2D eigenvalue weighted by molar-refractivity contribution is 0.250. The monoisotopic (exact) mass is 219 g/mol. The van der Waals surface area contributed by atoms with Crippen molar-refractivity contribution in [3.8, 4) is 0 Å². The molecule has 3 nitrogen and oxygen atoms in total. The fourth-order valence-electron chi connectivity index (χ4n) is 2.27. The number of allylic oxidation sites excluding steroid dienone is 2. The Labute approximate surface area is 101 Å². The Bertz CT molecular complexity index is 284. The van der Waals surface area contributed by atoms with Gasteiger partial charge in [0.15, 0.2) is 0 Å². The molecule has 4 heteroatoms. The third kappa shape index (κ3) is 3.67. The summed E-state index contributed by atoms with van der Waals surface area (Å²) in [5.74, 6) is 0. The summed E-state index contributed by atoms with van der Waals surface area (Å²) in [5.41, 5.74) is 1.83. The van der Waals surface area contributed by atoms with Gasteiger partial charge >= 0.3 is 0 Å². The van der Waals surface area contributed by atoms with Gasteiger partial charge in [0, 0.05) is 31.9 Å². The van der Waals surface area contributed by atoms with E-state index in [2.05, 4.69) is 35.8 Å².